The van der Waals surface area contributed by atoms with Gasteiger partial charge < -0.3 is 24.6 Å². The van der Waals surface area contributed by atoms with Gasteiger partial charge in [-0.15, -0.1) is 0 Å². The zero-order valence-electron chi connectivity index (χ0n) is 23.2. The standard InChI is InChI=1S/C30H32F4N2O5/c1-28(2)17-36(3)27-21(28)16-25(35-26(27)18-5-8-20(31)9-6-18)29(39,30(32,33)34)12-11-22(38)19-7-10-23(41-14-13-37)24(15-19)40-4/h5-10,15-16,37,39H,11-14,17H2,1-4H3. The number of carbonyl (C=O) groups excluding carboxylic acids is 1. The Morgan fingerprint density at radius 3 is 2.39 bits per heavy atom. The van der Waals surface area contributed by atoms with Gasteiger partial charge in [0.25, 0.3) is 0 Å². The van der Waals surface area contributed by atoms with E-state index in [0.29, 0.717) is 23.4 Å². The lowest BCUT2D eigenvalue weighted by molar-refractivity contribution is -0.270. The lowest BCUT2D eigenvalue weighted by Crippen LogP contribution is -2.43. The molecule has 0 amide bonds. The number of fused-ring (bicyclic) bond motifs is 1. The SMILES string of the molecule is COc1cc(C(=O)CCC(O)(c2cc3c(c(-c4ccc(F)cc4)n2)N(C)CC3(C)C)C(F)(F)F)ccc1OCCO. The number of aromatic nitrogens is 1. The van der Waals surface area contributed by atoms with Crippen LogP contribution in [0.15, 0.2) is 48.5 Å². The smallest absolute Gasteiger partial charge is 0.422 e. The molecule has 220 valence electrons. The molecule has 0 saturated heterocycles. The fraction of sp³-hybridized carbons (Fsp3) is 0.400. The summed E-state index contributed by atoms with van der Waals surface area (Å²) in [6, 6.07) is 10.6. The number of carbonyl (C=O) groups is 1. The normalized spacial score (nSPS) is 15.8. The number of hydrogen-bond donors (Lipinski definition) is 2. The molecule has 1 aromatic heterocycles. The van der Waals surface area contributed by atoms with E-state index in [0.717, 1.165) is 0 Å². The van der Waals surface area contributed by atoms with Crippen molar-refractivity contribution in [1.82, 2.24) is 4.98 Å². The van der Waals surface area contributed by atoms with E-state index < -0.39 is 47.3 Å². The number of benzene rings is 2. The highest BCUT2D eigenvalue weighted by Crippen LogP contribution is 2.49. The van der Waals surface area contributed by atoms with E-state index in [1.54, 1.807) is 7.05 Å². The van der Waals surface area contributed by atoms with Gasteiger partial charge in [-0.3, -0.25) is 4.79 Å². The summed E-state index contributed by atoms with van der Waals surface area (Å²) in [7, 11) is 3.14. The maximum atomic E-state index is 14.6. The van der Waals surface area contributed by atoms with Gasteiger partial charge in [-0.1, -0.05) is 13.8 Å². The second-order valence-corrected chi connectivity index (χ2v) is 10.7. The molecule has 1 unspecified atom stereocenters. The Hall–Kier alpha value is -3.70. The zero-order valence-corrected chi connectivity index (χ0v) is 23.2. The predicted octanol–water partition coefficient (Wildman–Crippen LogP) is 5.41. The van der Waals surface area contributed by atoms with Crippen molar-refractivity contribution in [3.8, 4) is 22.8 Å². The minimum atomic E-state index is -5.16. The van der Waals surface area contributed by atoms with Crippen LogP contribution in [0.5, 0.6) is 11.5 Å². The number of methoxy groups -OCH3 is 1. The topological polar surface area (TPSA) is 92.1 Å². The van der Waals surface area contributed by atoms with Crippen LogP contribution in [0.3, 0.4) is 0 Å². The number of likely N-dealkylation sites (N-methyl/N-ethyl adjacent to an activating group) is 1. The molecule has 2 N–H and O–H groups in total. The highest BCUT2D eigenvalue weighted by atomic mass is 19.4. The van der Waals surface area contributed by atoms with Crippen molar-refractivity contribution in [2.24, 2.45) is 0 Å². The molecule has 2 heterocycles. The van der Waals surface area contributed by atoms with E-state index in [2.05, 4.69) is 4.98 Å². The van der Waals surface area contributed by atoms with Crippen LogP contribution in [0, 0.1) is 5.82 Å². The van der Waals surface area contributed by atoms with Gasteiger partial charge in [0.05, 0.1) is 30.8 Å². The number of ketones is 1. The van der Waals surface area contributed by atoms with Crippen molar-refractivity contribution < 1.29 is 42.0 Å². The summed E-state index contributed by atoms with van der Waals surface area (Å²) in [4.78, 5) is 19.2. The minimum absolute atomic E-state index is 0.0114. The van der Waals surface area contributed by atoms with Gasteiger partial charge in [-0.2, -0.15) is 13.2 Å². The molecule has 0 fully saturated rings. The van der Waals surface area contributed by atoms with Crippen LogP contribution < -0.4 is 14.4 Å². The van der Waals surface area contributed by atoms with Gasteiger partial charge in [-0.05, 0) is 60.5 Å². The number of aliphatic hydroxyl groups is 2. The third kappa shape index (κ3) is 5.87. The summed E-state index contributed by atoms with van der Waals surface area (Å²) >= 11 is 0. The Kier molecular flexibility index (Phi) is 8.33. The van der Waals surface area contributed by atoms with Gasteiger partial charge in [0.2, 0.25) is 5.60 Å². The Labute approximate surface area is 235 Å². The van der Waals surface area contributed by atoms with E-state index in [1.807, 2.05) is 18.7 Å². The Bertz CT molecular complexity index is 1430. The highest BCUT2D eigenvalue weighted by Gasteiger charge is 2.56. The second-order valence-electron chi connectivity index (χ2n) is 10.7. The molecule has 3 aromatic rings. The van der Waals surface area contributed by atoms with Crippen molar-refractivity contribution in [2.75, 3.05) is 38.8 Å². The molecule has 11 heteroatoms. The molecular weight excluding hydrogens is 544 g/mol. The molecule has 41 heavy (non-hydrogen) atoms. The number of aliphatic hydroxyl groups excluding tert-OH is 1. The second kappa shape index (κ2) is 11.3. The van der Waals surface area contributed by atoms with Crippen LogP contribution in [-0.4, -0.2) is 61.1 Å². The van der Waals surface area contributed by atoms with Gasteiger partial charge >= 0.3 is 6.18 Å². The first-order valence-corrected chi connectivity index (χ1v) is 13.0. The molecule has 0 saturated carbocycles. The lowest BCUT2D eigenvalue weighted by Gasteiger charge is -2.31. The number of rotatable bonds is 10. The monoisotopic (exact) mass is 576 g/mol. The summed E-state index contributed by atoms with van der Waals surface area (Å²) in [6.07, 6.45) is -6.79. The average Bonchev–Trinajstić information content (AvgIpc) is 3.17. The summed E-state index contributed by atoms with van der Waals surface area (Å²) < 4.78 is 68.1. The lowest BCUT2D eigenvalue weighted by atomic mass is 9.83. The molecule has 1 aliphatic rings. The van der Waals surface area contributed by atoms with Crippen LogP contribution in [0.25, 0.3) is 11.3 Å². The molecule has 0 radical (unpaired) electrons. The van der Waals surface area contributed by atoms with Crippen molar-refractivity contribution in [3.63, 3.8) is 0 Å². The van der Waals surface area contributed by atoms with Crippen LogP contribution >= 0.6 is 0 Å². The number of halogens is 4. The van der Waals surface area contributed by atoms with E-state index >= 15 is 0 Å². The molecular formula is C30H32F4N2O5. The van der Waals surface area contributed by atoms with Crippen molar-refractivity contribution >= 4 is 11.5 Å². The van der Waals surface area contributed by atoms with Crippen LogP contribution in [0.4, 0.5) is 23.2 Å². The number of Topliss-reactive ketones (excluding diaryl/α,β-unsaturated/α-hetero) is 1. The maximum absolute atomic E-state index is 14.6. The van der Waals surface area contributed by atoms with Gasteiger partial charge in [0.15, 0.2) is 17.3 Å². The molecule has 7 nitrogen and oxygen atoms in total. The van der Waals surface area contributed by atoms with E-state index in [4.69, 9.17) is 14.6 Å². The first kappa shape index (κ1) is 30.3. The van der Waals surface area contributed by atoms with Crippen LogP contribution in [-0.2, 0) is 11.0 Å². The summed E-state index contributed by atoms with van der Waals surface area (Å²) in [5.74, 6) is -0.732. The number of nitrogens with zero attached hydrogens (tertiary/aromatic N) is 2. The van der Waals surface area contributed by atoms with E-state index in [-0.39, 0.29) is 36.0 Å². The number of anilines is 1. The largest absolute Gasteiger partial charge is 0.493 e. The van der Waals surface area contributed by atoms with Crippen molar-refractivity contribution in [2.45, 2.75) is 43.9 Å². The number of pyridine rings is 1. The number of ether oxygens (including phenoxy) is 2. The maximum Gasteiger partial charge on any atom is 0.422 e. The first-order chi connectivity index (χ1) is 19.2. The fourth-order valence-corrected chi connectivity index (χ4v) is 5.19. The quantitative estimate of drug-likeness (QED) is 0.246. The number of hydrogen-bond acceptors (Lipinski definition) is 7. The summed E-state index contributed by atoms with van der Waals surface area (Å²) in [5, 5.41) is 20.2. The molecule has 0 aliphatic carbocycles. The van der Waals surface area contributed by atoms with E-state index in [1.165, 1.54) is 55.6 Å². The van der Waals surface area contributed by atoms with Gasteiger partial charge in [0.1, 0.15) is 12.4 Å². The van der Waals surface area contributed by atoms with Crippen molar-refractivity contribution in [1.29, 1.82) is 0 Å². The predicted molar refractivity (Wildman–Crippen MR) is 145 cm³/mol. The van der Waals surface area contributed by atoms with Gasteiger partial charge in [0, 0.05) is 36.6 Å². The molecule has 2 aromatic carbocycles. The molecule has 0 spiro atoms. The number of alkyl halides is 3. The third-order valence-electron chi connectivity index (χ3n) is 7.29. The first-order valence-electron chi connectivity index (χ1n) is 13.0. The van der Waals surface area contributed by atoms with Gasteiger partial charge in [-0.25, -0.2) is 9.37 Å². The summed E-state index contributed by atoms with van der Waals surface area (Å²) in [5.41, 5.74) is -2.85. The molecule has 0 bridgehead atoms. The minimum Gasteiger partial charge on any atom is -0.493 e. The Balaban J connectivity index is 1.74. The molecule has 4 rings (SSSR count). The van der Waals surface area contributed by atoms with E-state index in [9.17, 15) is 27.5 Å². The van der Waals surface area contributed by atoms with Crippen molar-refractivity contribution in [3.05, 3.63) is 71.2 Å². The highest BCUT2D eigenvalue weighted by molar-refractivity contribution is 5.96. The third-order valence-corrected chi connectivity index (χ3v) is 7.29. The zero-order chi connectivity index (χ0) is 30.2. The Morgan fingerprint density at radius 1 is 1.10 bits per heavy atom. The van der Waals surface area contributed by atoms with Crippen LogP contribution in [0.1, 0.15) is 48.3 Å². The molecule has 1 atom stereocenters. The van der Waals surface area contributed by atoms with Crippen LogP contribution in [0.2, 0.25) is 0 Å². The summed E-state index contributed by atoms with van der Waals surface area (Å²) in [6.45, 7) is 4.00. The average molecular weight is 577 g/mol. The Morgan fingerprint density at radius 2 is 1.78 bits per heavy atom. The fourth-order valence-electron chi connectivity index (χ4n) is 5.19. The molecule has 1 aliphatic heterocycles.